The van der Waals surface area contributed by atoms with Crippen molar-refractivity contribution < 1.29 is 4.79 Å². The first-order valence-corrected chi connectivity index (χ1v) is 6.09. The standard InChI is InChI=1S/C14H18N4O/c1-8-5-9(2)13(10(3)6-8)18-11(4)12(7-16-18)14(19)17-15/h5-7H,15H2,1-4H3,(H,17,19). The molecule has 1 amide bonds. The first-order chi connectivity index (χ1) is 8.95. The molecular formula is C14H18N4O. The summed E-state index contributed by atoms with van der Waals surface area (Å²) in [5.74, 6) is 4.84. The van der Waals surface area contributed by atoms with Crippen molar-refractivity contribution in [1.82, 2.24) is 15.2 Å². The number of aromatic nitrogens is 2. The van der Waals surface area contributed by atoms with Crippen molar-refractivity contribution in [3.63, 3.8) is 0 Å². The molecule has 0 aliphatic carbocycles. The summed E-state index contributed by atoms with van der Waals surface area (Å²) in [6.07, 6.45) is 1.54. The highest BCUT2D eigenvalue weighted by molar-refractivity contribution is 5.94. The molecule has 0 aliphatic heterocycles. The highest BCUT2D eigenvalue weighted by Crippen LogP contribution is 2.23. The van der Waals surface area contributed by atoms with Gasteiger partial charge in [-0.1, -0.05) is 17.7 Å². The quantitative estimate of drug-likeness (QED) is 0.489. The fourth-order valence-electron chi connectivity index (χ4n) is 2.44. The van der Waals surface area contributed by atoms with E-state index in [2.05, 4.69) is 29.6 Å². The Bertz CT molecular complexity index is 620. The molecule has 1 aromatic carbocycles. The Kier molecular flexibility index (Phi) is 3.40. The summed E-state index contributed by atoms with van der Waals surface area (Å²) in [6.45, 7) is 8.00. The van der Waals surface area contributed by atoms with Gasteiger partial charge >= 0.3 is 0 Å². The van der Waals surface area contributed by atoms with Crippen LogP contribution < -0.4 is 11.3 Å². The van der Waals surface area contributed by atoms with Gasteiger partial charge in [0.05, 0.1) is 23.1 Å². The number of aryl methyl sites for hydroxylation is 3. The molecular weight excluding hydrogens is 240 g/mol. The van der Waals surface area contributed by atoms with Gasteiger partial charge < -0.3 is 0 Å². The average Bonchev–Trinajstić information content (AvgIpc) is 2.69. The van der Waals surface area contributed by atoms with E-state index in [9.17, 15) is 4.79 Å². The maximum absolute atomic E-state index is 11.6. The summed E-state index contributed by atoms with van der Waals surface area (Å²) < 4.78 is 1.79. The van der Waals surface area contributed by atoms with E-state index in [1.54, 1.807) is 4.68 Å². The van der Waals surface area contributed by atoms with Gasteiger partial charge in [0.1, 0.15) is 0 Å². The van der Waals surface area contributed by atoms with Crippen LogP contribution in [0.3, 0.4) is 0 Å². The van der Waals surface area contributed by atoms with E-state index < -0.39 is 0 Å². The lowest BCUT2D eigenvalue weighted by Crippen LogP contribution is -2.30. The van der Waals surface area contributed by atoms with Crippen molar-refractivity contribution in [2.45, 2.75) is 27.7 Å². The van der Waals surface area contributed by atoms with E-state index >= 15 is 0 Å². The number of nitrogens with two attached hydrogens (primary N) is 1. The zero-order valence-corrected chi connectivity index (χ0v) is 11.6. The molecule has 19 heavy (non-hydrogen) atoms. The van der Waals surface area contributed by atoms with Crippen LogP contribution in [0, 0.1) is 27.7 Å². The Labute approximate surface area is 112 Å². The van der Waals surface area contributed by atoms with Crippen LogP contribution in [0.2, 0.25) is 0 Å². The maximum atomic E-state index is 11.6. The Morgan fingerprint density at radius 1 is 1.21 bits per heavy atom. The van der Waals surface area contributed by atoms with Gasteiger partial charge in [-0.15, -0.1) is 0 Å². The first kappa shape index (κ1) is 13.3. The molecule has 0 unspecified atom stereocenters. The fraction of sp³-hybridized carbons (Fsp3) is 0.286. The summed E-state index contributed by atoms with van der Waals surface area (Å²) in [7, 11) is 0. The molecule has 5 nitrogen and oxygen atoms in total. The number of hydrazine groups is 1. The van der Waals surface area contributed by atoms with Gasteiger partial charge in [-0.25, -0.2) is 10.5 Å². The molecule has 0 bridgehead atoms. The molecule has 0 fully saturated rings. The van der Waals surface area contributed by atoms with E-state index in [1.165, 1.54) is 11.8 Å². The predicted octanol–water partition coefficient (Wildman–Crippen LogP) is 1.71. The zero-order valence-electron chi connectivity index (χ0n) is 11.6. The first-order valence-electron chi connectivity index (χ1n) is 6.09. The average molecular weight is 258 g/mol. The number of hydrogen-bond donors (Lipinski definition) is 2. The summed E-state index contributed by atoms with van der Waals surface area (Å²) in [6, 6.07) is 4.21. The SMILES string of the molecule is Cc1cc(C)c(-n2ncc(C(=O)NN)c2C)c(C)c1. The van der Waals surface area contributed by atoms with Gasteiger partial charge in [-0.3, -0.25) is 10.2 Å². The number of nitrogen functional groups attached to an aromatic ring is 1. The highest BCUT2D eigenvalue weighted by atomic mass is 16.2. The minimum Gasteiger partial charge on any atom is -0.290 e. The van der Waals surface area contributed by atoms with E-state index in [0.717, 1.165) is 22.5 Å². The van der Waals surface area contributed by atoms with Crippen molar-refractivity contribution in [3.05, 3.63) is 46.3 Å². The number of carbonyl (C=O) groups excluding carboxylic acids is 1. The molecule has 100 valence electrons. The molecule has 0 atom stereocenters. The van der Waals surface area contributed by atoms with Gasteiger partial charge in [0.25, 0.3) is 5.91 Å². The van der Waals surface area contributed by atoms with Gasteiger partial charge in [0.2, 0.25) is 0 Å². The van der Waals surface area contributed by atoms with Crippen molar-refractivity contribution in [3.8, 4) is 5.69 Å². The molecule has 1 heterocycles. The van der Waals surface area contributed by atoms with Crippen LogP contribution in [0.5, 0.6) is 0 Å². The van der Waals surface area contributed by atoms with Crippen LogP contribution in [0.25, 0.3) is 5.69 Å². The monoisotopic (exact) mass is 258 g/mol. The number of rotatable bonds is 2. The Balaban J connectivity index is 2.61. The molecule has 2 rings (SSSR count). The molecule has 0 radical (unpaired) electrons. The largest absolute Gasteiger partial charge is 0.290 e. The summed E-state index contributed by atoms with van der Waals surface area (Å²) in [5, 5.41) is 4.31. The Hall–Kier alpha value is -2.14. The second kappa shape index (κ2) is 4.85. The number of hydrogen-bond acceptors (Lipinski definition) is 3. The molecule has 5 heteroatoms. The number of nitrogens with one attached hydrogen (secondary N) is 1. The Morgan fingerprint density at radius 3 is 2.32 bits per heavy atom. The van der Waals surface area contributed by atoms with Gasteiger partial charge in [-0.2, -0.15) is 5.10 Å². The molecule has 0 saturated heterocycles. The molecule has 0 aliphatic rings. The number of carbonyl (C=O) groups is 1. The number of amides is 1. The number of nitrogens with zero attached hydrogens (tertiary/aromatic N) is 2. The zero-order chi connectivity index (χ0) is 14.2. The lowest BCUT2D eigenvalue weighted by molar-refractivity contribution is 0.0953. The minimum atomic E-state index is -0.328. The van der Waals surface area contributed by atoms with Gasteiger partial charge in [0, 0.05) is 0 Å². The highest BCUT2D eigenvalue weighted by Gasteiger charge is 2.16. The topological polar surface area (TPSA) is 72.9 Å². The fourth-order valence-corrected chi connectivity index (χ4v) is 2.44. The van der Waals surface area contributed by atoms with Crippen LogP contribution in [0.4, 0.5) is 0 Å². The van der Waals surface area contributed by atoms with Crippen molar-refractivity contribution in [2.75, 3.05) is 0 Å². The third-order valence-electron chi connectivity index (χ3n) is 3.23. The van der Waals surface area contributed by atoms with E-state index in [-0.39, 0.29) is 5.91 Å². The third kappa shape index (κ3) is 2.24. The van der Waals surface area contributed by atoms with Crippen molar-refractivity contribution >= 4 is 5.91 Å². The summed E-state index contributed by atoms with van der Waals surface area (Å²) in [4.78, 5) is 11.6. The smallest absolute Gasteiger partial charge is 0.268 e. The minimum absolute atomic E-state index is 0.328. The predicted molar refractivity (Wildman–Crippen MR) is 74.2 cm³/mol. The van der Waals surface area contributed by atoms with Crippen molar-refractivity contribution in [2.24, 2.45) is 5.84 Å². The van der Waals surface area contributed by atoms with Gasteiger partial charge in [0.15, 0.2) is 0 Å². The van der Waals surface area contributed by atoms with Crippen LogP contribution in [0.15, 0.2) is 18.3 Å². The van der Waals surface area contributed by atoms with E-state index in [0.29, 0.717) is 5.56 Å². The number of benzene rings is 1. The van der Waals surface area contributed by atoms with Crippen LogP contribution in [-0.4, -0.2) is 15.7 Å². The molecule has 2 aromatic rings. The lowest BCUT2D eigenvalue weighted by Gasteiger charge is -2.13. The normalized spacial score (nSPS) is 10.6. The van der Waals surface area contributed by atoms with E-state index in [4.69, 9.17) is 5.84 Å². The summed E-state index contributed by atoms with van der Waals surface area (Å²) >= 11 is 0. The van der Waals surface area contributed by atoms with Crippen LogP contribution >= 0.6 is 0 Å². The molecule has 0 saturated carbocycles. The van der Waals surface area contributed by atoms with Crippen LogP contribution in [0.1, 0.15) is 32.7 Å². The summed E-state index contributed by atoms with van der Waals surface area (Å²) in [5.41, 5.74) is 7.88. The lowest BCUT2D eigenvalue weighted by atomic mass is 10.0. The Morgan fingerprint density at radius 2 is 1.79 bits per heavy atom. The molecule has 0 spiro atoms. The molecule has 3 N–H and O–H groups in total. The maximum Gasteiger partial charge on any atom is 0.268 e. The second-order valence-corrected chi connectivity index (χ2v) is 4.78. The van der Waals surface area contributed by atoms with Crippen LogP contribution in [-0.2, 0) is 0 Å². The molecule has 1 aromatic heterocycles. The van der Waals surface area contributed by atoms with Gasteiger partial charge in [-0.05, 0) is 38.8 Å². The third-order valence-corrected chi connectivity index (χ3v) is 3.23. The van der Waals surface area contributed by atoms with Crippen molar-refractivity contribution in [1.29, 1.82) is 0 Å². The second-order valence-electron chi connectivity index (χ2n) is 4.78. The van der Waals surface area contributed by atoms with E-state index in [1.807, 2.05) is 20.8 Å².